The minimum atomic E-state index is -0.201. The fourth-order valence-corrected chi connectivity index (χ4v) is 7.70. The van der Waals surface area contributed by atoms with Crippen molar-refractivity contribution in [1.29, 1.82) is 0 Å². The molecule has 1 aromatic carbocycles. The van der Waals surface area contributed by atoms with Crippen LogP contribution in [-0.2, 0) is 9.59 Å². The van der Waals surface area contributed by atoms with Gasteiger partial charge in [0.15, 0.2) is 0 Å². The van der Waals surface area contributed by atoms with Crippen LogP contribution in [0.2, 0.25) is 0 Å². The molecule has 4 bridgehead atoms. The van der Waals surface area contributed by atoms with Crippen molar-refractivity contribution < 1.29 is 9.59 Å². The van der Waals surface area contributed by atoms with Crippen LogP contribution in [0.1, 0.15) is 50.5 Å². The molecule has 5 heteroatoms. The lowest BCUT2D eigenvalue weighted by molar-refractivity contribution is -0.139. The Morgan fingerprint density at radius 3 is 2.64 bits per heavy atom. The predicted molar refractivity (Wildman–Crippen MR) is 114 cm³/mol. The molecule has 2 atom stereocenters. The van der Waals surface area contributed by atoms with Gasteiger partial charge in [0.05, 0.1) is 6.54 Å². The molecule has 28 heavy (non-hydrogen) atoms. The molecule has 1 N–H and O–H groups in total. The lowest BCUT2D eigenvalue weighted by Gasteiger charge is -2.60. The van der Waals surface area contributed by atoms with Gasteiger partial charge in [0.2, 0.25) is 11.8 Å². The fourth-order valence-electron chi connectivity index (χ4n) is 6.19. The summed E-state index contributed by atoms with van der Waals surface area (Å²) in [6.45, 7) is 0.0571. The van der Waals surface area contributed by atoms with E-state index >= 15 is 0 Å². The molecule has 148 valence electrons. The van der Waals surface area contributed by atoms with Crippen LogP contribution in [0.3, 0.4) is 0 Å². The number of hydrogen-bond acceptors (Lipinski definition) is 2. The zero-order valence-corrected chi connectivity index (χ0v) is 17.9. The summed E-state index contributed by atoms with van der Waals surface area (Å²) in [5.74, 6) is 3.94. The number of nitrogens with one attached hydrogen (secondary N) is 1. The number of carbonyl (C=O) groups is 2. The zero-order chi connectivity index (χ0) is 19.9. The lowest BCUT2D eigenvalue weighted by atomic mass is 9.48. The molecule has 4 nitrogen and oxygen atoms in total. The van der Waals surface area contributed by atoms with E-state index < -0.39 is 0 Å². The van der Waals surface area contributed by atoms with Gasteiger partial charge in [0.25, 0.3) is 0 Å². The molecule has 2 amide bonds. The van der Waals surface area contributed by atoms with Crippen molar-refractivity contribution in [3.8, 4) is 12.3 Å². The average molecular weight is 443 g/mol. The van der Waals surface area contributed by atoms with Crippen molar-refractivity contribution >= 4 is 33.4 Å². The third kappa shape index (κ3) is 3.98. The first-order valence-electron chi connectivity index (χ1n) is 10.1. The van der Waals surface area contributed by atoms with Crippen molar-refractivity contribution in [2.24, 2.45) is 17.3 Å². The van der Waals surface area contributed by atoms with Gasteiger partial charge in [-0.15, -0.1) is 6.42 Å². The van der Waals surface area contributed by atoms with E-state index in [9.17, 15) is 9.59 Å². The first-order chi connectivity index (χ1) is 13.3. The Labute approximate surface area is 175 Å². The van der Waals surface area contributed by atoms with Crippen LogP contribution >= 0.6 is 15.9 Å². The third-order valence-corrected chi connectivity index (χ3v) is 7.68. The molecule has 4 fully saturated rings. The van der Waals surface area contributed by atoms with Crippen molar-refractivity contribution in [2.45, 2.75) is 49.3 Å². The highest BCUT2D eigenvalue weighted by Crippen LogP contribution is 2.65. The molecule has 2 unspecified atom stereocenters. The monoisotopic (exact) mass is 442 g/mol. The maximum absolute atomic E-state index is 12.9. The van der Waals surface area contributed by atoms with Crippen LogP contribution < -0.4 is 5.32 Å². The Bertz CT molecular complexity index is 829. The highest BCUT2D eigenvalue weighted by Gasteiger charge is 2.57. The SMILES string of the molecule is C#Cc1cccc(NC(=O)CN(C)C(=O)CC23CC4CC(CC(Br)(C4)C2)C3)c1. The zero-order valence-electron chi connectivity index (χ0n) is 16.3. The van der Waals surface area contributed by atoms with Gasteiger partial charge in [-0.05, 0) is 74.0 Å². The van der Waals surface area contributed by atoms with Gasteiger partial charge in [0, 0.05) is 29.0 Å². The van der Waals surface area contributed by atoms with E-state index in [1.165, 1.54) is 32.1 Å². The van der Waals surface area contributed by atoms with Gasteiger partial charge in [-0.2, -0.15) is 0 Å². The van der Waals surface area contributed by atoms with Crippen LogP contribution in [0.4, 0.5) is 5.69 Å². The number of likely N-dealkylation sites (N-methyl/N-ethyl adjacent to an activating group) is 1. The number of terminal acetylenes is 1. The quantitative estimate of drug-likeness (QED) is 0.548. The molecule has 1 aromatic rings. The van der Waals surface area contributed by atoms with Crippen molar-refractivity contribution in [1.82, 2.24) is 4.90 Å². The second-order valence-electron chi connectivity index (χ2n) is 9.31. The highest BCUT2D eigenvalue weighted by atomic mass is 79.9. The molecule has 0 saturated heterocycles. The number of halogens is 1. The van der Waals surface area contributed by atoms with Crippen LogP contribution in [0.15, 0.2) is 24.3 Å². The summed E-state index contributed by atoms with van der Waals surface area (Å²) in [5, 5.41) is 2.83. The number of hydrogen-bond donors (Lipinski definition) is 1. The third-order valence-electron chi connectivity index (χ3n) is 6.76. The largest absolute Gasteiger partial charge is 0.336 e. The molecule has 0 aliphatic heterocycles. The van der Waals surface area contributed by atoms with Crippen LogP contribution in [0.5, 0.6) is 0 Å². The smallest absolute Gasteiger partial charge is 0.243 e. The summed E-state index contributed by atoms with van der Waals surface area (Å²) in [5.41, 5.74) is 1.49. The topological polar surface area (TPSA) is 49.4 Å². The first-order valence-corrected chi connectivity index (χ1v) is 10.9. The van der Waals surface area contributed by atoms with Crippen LogP contribution in [0.25, 0.3) is 0 Å². The molecule has 0 spiro atoms. The van der Waals surface area contributed by atoms with Gasteiger partial charge in [0.1, 0.15) is 0 Å². The number of rotatable bonds is 5. The molecule has 0 heterocycles. The number of carbonyl (C=O) groups excluding carboxylic acids is 2. The van der Waals surface area contributed by atoms with E-state index in [4.69, 9.17) is 6.42 Å². The van der Waals surface area contributed by atoms with Gasteiger partial charge >= 0.3 is 0 Å². The number of amides is 2. The van der Waals surface area contributed by atoms with Crippen molar-refractivity contribution in [2.75, 3.05) is 18.9 Å². The van der Waals surface area contributed by atoms with E-state index in [0.717, 1.165) is 18.3 Å². The minimum absolute atomic E-state index is 0.0571. The number of nitrogens with zero attached hydrogens (tertiary/aromatic N) is 1. The Morgan fingerprint density at radius 1 is 1.29 bits per heavy atom. The van der Waals surface area contributed by atoms with E-state index in [1.54, 1.807) is 24.1 Å². The van der Waals surface area contributed by atoms with E-state index in [-0.39, 0.29) is 28.1 Å². The summed E-state index contributed by atoms with van der Waals surface area (Å²) in [6, 6.07) is 7.17. The summed E-state index contributed by atoms with van der Waals surface area (Å²) in [4.78, 5) is 26.9. The first kappa shape index (κ1) is 19.5. The van der Waals surface area contributed by atoms with Gasteiger partial charge in [-0.25, -0.2) is 0 Å². The Balaban J connectivity index is 1.35. The maximum atomic E-state index is 12.9. The van der Waals surface area contributed by atoms with E-state index in [1.807, 2.05) is 12.1 Å². The molecule has 0 radical (unpaired) electrons. The molecule has 4 aliphatic rings. The van der Waals surface area contributed by atoms with Gasteiger partial charge in [-0.3, -0.25) is 9.59 Å². The van der Waals surface area contributed by atoms with E-state index in [0.29, 0.717) is 17.7 Å². The summed E-state index contributed by atoms with van der Waals surface area (Å²) < 4.78 is 0.245. The minimum Gasteiger partial charge on any atom is -0.336 e. The van der Waals surface area contributed by atoms with Gasteiger partial charge < -0.3 is 10.2 Å². The van der Waals surface area contributed by atoms with E-state index in [2.05, 4.69) is 27.2 Å². The lowest BCUT2D eigenvalue weighted by Crippen LogP contribution is -2.54. The number of anilines is 1. The normalized spacial score (nSPS) is 32.6. The summed E-state index contributed by atoms with van der Waals surface area (Å²) in [7, 11) is 1.73. The highest BCUT2D eigenvalue weighted by molar-refractivity contribution is 9.10. The molecular weight excluding hydrogens is 416 g/mol. The Morgan fingerprint density at radius 2 is 2.00 bits per heavy atom. The predicted octanol–water partition coefficient (Wildman–Crippen LogP) is 4.19. The maximum Gasteiger partial charge on any atom is 0.243 e. The average Bonchev–Trinajstić information content (AvgIpc) is 2.59. The summed E-state index contributed by atoms with van der Waals surface area (Å²) >= 11 is 4.01. The number of alkyl halides is 1. The molecule has 4 aliphatic carbocycles. The molecule has 0 aromatic heterocycles. The Hall–Kier alpha value is -1.80. The van der Waals surface area contributed by atoms with Crippen LogP contribution in [0, 0.1) is 29.6 Å². The van der Waals surface area contributed by atoms with Crippen molar-refractivity contribution in [3.63, 3.8) is 0 Å². The standard InChI is InChI=1S/C23H27BrN2O2/c1-3-16-5-4-6-19(8-16)25-20(27)14-26(2)21(28)13-22-9-17-7-18(10-22)12-23(24,11-17)15-22/h1,4-6,8,17-18H,7,9-15H2,2H3,(H,25,27). The van der Waals surface area contributed by atoms with Gasteiger partial charge in [-0.1, -0.05) is 27.9 Å². The Kier molecular flexibility index (Phi) is 5.03. The molecular formula is C23H27BrN2O2. The van der Waals surface area contributed by atoms with Crippen LogP contribution in [-0.4, -0.2) is 34.6 Å². The van der Waals surface area contributed by atoms with Crippen molar-refractivity contribution in [3.05, 3.63) is 29.8 Å². The molecule has 5 rings (SSSR count). The number of benzene rings is 1. The second-order valence-corrected chi connectivity index (χ2v) is 11.0. The fraction of sp³-hybridized carbons (Fsp3) is 0.565. The molecule has 4 saturated carbocycles. The second kappa shape index (κ2) is 7.22. The summed E-state index contributed by atoms with van der Waals surface area (Å²) in [6.07, 6.45) is 13.2.